The summed E-state index contributed by atoms with van der Waals surface area (Å²) in [6, 6.07) is 8.84. The minimum Gasteiger partial charge on any atom is -0.493 e. The Kier molecular flexibility index (Phi) is 4.46. The molecule has 1 aromatic rings. The summed E-state index contributed by atoms with van der Waals surface area (Å²) in [5.41, 5.74) is 0.736. The first-order chi connectivity index (χ1) is 12.2. The van der Waals surface area contributed by atoms with Crippen LogP contribution in [0.5, 0.6) is 11.5 Å². The first-order valence-corrected chi connectivity index (χ1v) is 9.65. The number of nitrogens with zero attached hydrogens (tertiary/aromatic N) is 1. The average Bonchev–Trinajstić information content (AvgIpc) is 3.29. The van der Waals surface area contributed by atoms with Crippen LogP contribution in [-0.4, -0.2) is 13.2 Å². The molecule has 2 saturated carbocycles. The second-order valence-electron chi connectivity index (χ2n) is 7.96. The van der Waals surface area contributed by atoms with E-state index in [1.54, 1.807) is 7.11 Å². The highest BCUT2D eigenvalue weighted by atomic mass is 16.5. The molecule has 4 rings (SSSR count). The molecule has 0 spiro atoms. The molecule has 1 unspecified atom stereocenters. The Morgan fingerprint density at radius 3 is 2.32 bits per heavy atom. The van der Waals surface area contributed by atoms with Crippen LogP contribution in [0.15, 0.2) is 30.4 Å². The van der Waals surface area contributed by atoms with Crippen LogP contribution in [0, 0.1) is 23.2 Å². The standard InChI is InChI=1S/C22H27NO2/c1-24-20-11-10-18(12-21(20)25-19-8-4-5-9-19)22(15-23)13-16-6-2-3-7-17(16)14-22/h2-3,10-12,16-17,19H,4-9,13-14H2,1H3/t16-,17+,22?. The van der Waals surface area contributed by atoms with Crippen molar-refractivity contribution in [2.24, 2.45) is 11.8 Å². The van der Waals surface area contributed by atoms with Crippen molar-refractivity contribution in [3.8, 4) is 17.6 Å². The Labute approximate surface area is 150 Å². The lowest BCUT2D eigenvalue weighted by Crippen LogP contribution is -2.21. The zero-order valence-electron chi connectivity index (χ0n) is 15.0. The number of methoxy groups -OCH3 is 1. The molecule has 0 saturated heterocycles. The minimum absolute atomic E-state index is 0.289. The molecule has 1 aromatic carbocycles. The molecule has 3 atom stereocenters. The Bertz CT molecular complexity index is 680. The van der Waals surface area contributed by atoms with Crippen molar-refractivity contribution in [1.29, 1.82) is 5.26 Å². The summed E-state index contributed by atoms with van der Waals surface area (Å²) < 4.78 is 11.8. The smallest absolute Gasteiger partial charge is 0.161 e. The maximum atomic E-state index is 10.1. The van der Waals surface area contributed by atoms with Gasteiger partial charge < -0.3 is 9.47 Å². The Balaban J connectivity index is 1.63. The van der Waals surface area contributed by atoms with Crippen LogP contribution in [0.3, 0.4) is 0 Å². The Morgan fingerprint density at radius 1 is 1.04 bits per heavy atom. The van der Waals surface area contributed by atoms with E-state index < -0.39 is 0 Å². The molecule has 0 N–H and O–H groups in total. The van der Waals surface area contributed by atoms with Crippen LogP contribution >= 0.6 is 0 Å². The maximum absolute atomic E-state index is 10.1. The highest BCUT2D eigenvalue weighted by molar-refractivity contribution is 5.48. The molecule has 0 amide bonds. The largest absolute Gasteiger partial charge is 0.493 e. The monoisotopic (exact) mass is 337 g/mol. The van der Waals surface area contributed by atoms with Gasteiger partial charge in [0.15, 0.2) is 11.5 Å². The maximum Gasteiger partial charge on any atom is 0.161 e. The molecule has 3 nitrogen and oxygen atoms in total. The second kappa shape index (κ2) is 6.75. The van der Waals surface area contributed by atoms with Gasteiger partial charge in [-0.15, -0.1) is 0 Å². The quantitative estimate of drug-likeness (QED) is 0.713. The number of fused-ring (bicyclic) bond motifs is 1. The van der Waals surface area contributed by atoms with Crippen molar-refractivity contribution < 1.29 is 9.47 Å². The SMILES string of the molecule is COc1ccc(C2(C#N)C[C@H]3CC=CC[C@H]3C2)cc1OC1CCCC1. The lowest BCUT2D eigenvalue weighted by Gasteiger charge is -2.24. The molecule has 3 aliphatic carbocycles. The van der Waals surface area contributed by atoms with Crippen LogP contribution in [0.2, 0.25) is 0 Å². The normalized spacial score (nSPS) is 31.5. The average molecular weight is 337 g/mol. The van der Waals surface area contributed by atoms with E-state index in [9.17, 15) is 5.26 Å². The first kappa shape index (κ1) is 16.5. The molecule has 0 bridgehead atoms. The van der Waals surface area contributed by atoms with Gasteiger partial charge in [-0.25, -0.2) is 0 Å². The van der Waals surface area contributed by atoms with Gasteiger partial charge in [0.2, 0.25) is 0 Å². The van der Waals surface area contributed by atoms with E-state index in [-0.39, 0.29) is 11.5 Å². The van der Waals surface area contributed by atoms with E-state index in [1.807, 2.05) is 6.07 Å². The van der Waals surface area contributed by atoms with Crippen LogP contribution in [0.1, 0.15) is 56.9 Å². The third kappa shape index (κ3) is 3.03. The van der Waals surface area contributed by atoms with Crippen LogP contribution < -0.4 is 9.47 Å². The van der Waals surface area contributed by atoms with Gasteiger partial charge in [-0.05, 0) is 80.9 Å². The van der Waals surface area contributed by atoms with E-state index >= 15 is 0 Å². The lowest BCUT2D eigenvalue weighted by molar-refractivity contribution is 0.200. The number of benzene rings is 1. The summed E-state index contributed by atoms with van der Waals surface area (Å²) in [6.45, 7) is 0. The third-order valence-electron chi connectivity index (χ3n) is 6.46. The number of allylic oxidation sites excluding steroid dienone is 2. The molecule has 0 heterocycles. The number of ether oxygens (including phenoxy) is 2. The van der Waals surface area contributed by atoms with E-state index in [0.29, 0.717) is 11.8 Å². The number of hydrogen-bond acceptors (Lipinski definition) is 3. The van der Waals surface area contributed by atoms with E-state index in [2.05, 4.69) is 30.4 Å². The van der Waals surface area contributed by atoms with E-state index in [4.69, 9.17) is 9.47 Å². The summed E-state index contributed by atoms with van der Waals surface area (Å²) in [5, 5.41) is 10.1. The molecule has 25 heavy (non-hydrogen) atoms. The molecular formula is C22H27NO2. The molecule has 0 aromatic heterocycles. The Hall–Kier alpha value is -1.95. The summed E-state index contributed by atoms with van der Waals surface area (Å²) in [4.78, 5) is 0. The number of nitriles is 1. The summed E-state index contributed by atoms with van der Waals surface area (Å²) in [6.07, 6.45) is 13.8. The summed E-state index contributed by atoms with van der Waals surface area (Å²) in [7, 11) is 1.69. The number of rotatable bonds is 4. The lowest BCUT2D eigenvalue weighted by atomic mass is 9.79. The summed E-state index contributed by atoms with van der Waals surface area (Å²) >= 11 is 0. The van der Waals surface area contributed by atoms with Crippen LogP contribution in [0.4, 0.5) is 0 Å². The predicted octanol–water partition coefficient (Wildman–Crippen LogP) is 5.15. The van der Waals surface area contributed by atoms with Gasteiger partial charge in [0.05, 0.1) is 24.7 Å². The van der Waals surface area contributed by atoms with E-state index in [1.165, 1.54) is 12.8 Å². The van der Waals surface area contributed by atoms with Crippen molar-refractivity contribution in [3.63, 3.8) is 0 Å². The van der Waals surface area contributed by atoms with Crippen molar-refractivity contribution in [2.75, 3.05) is 7.11 Å². The fraction of sp³-hybridized carbons (Fsp3) is 0.591. The molecule has 2 fully saturated rings. The molecular weight excluding hydrogens is 310 g/mol. The van der Waals surface area contributed by atoms with Crippen LogP contribution in [-0.2, 0) is 5.41 Å². The van der Waals surface area contributed by atoms with Crippen LogP contribution in [0.25, 0.3) is 0 Å². The molecule has 132 valence electrons. The third-order valence-corrected chi connectivity index (χ3v) is 6.46. The van der Waals surface area contributed by atoms with Crippen molar-refractivity contribution >= 4 is 0 Å². The summed E-state index contributed by atoms with van der Waals surface area (Å²) in [5.74, 6) is 2.88. The van der Waals surface area contributed by atoms with Gasteiger partial charge in [-0.2, -0.15) is 5.26 Å². The van der Waals surface area contributed by atoms with E-state index in [0.717, 1.165) is 55.6 Å². The molecule has 3 aliphatic rings. The molecule has 0 radical (unpaired) electrons. The fourth-order valence-corrected chi connectivity index (χ4v) is 5.05. The van der Waals surface area contributed by atoms with Gasteiger partial charge in [-0.3, -0.25) is 0 Å². The molecule has 3 heteroatoms. The van der Waals surface area contributed by atoms with Gasteiger partial charge in [0, 0.05) is 0 Å². The second-order valence-corrected chi connectivity index (χ2v) is 7.96. The number of hydrogen-bond donors (Lipinski definition) is 0. The fourth-order valence-electron chi connectivity index (χ4n) is 5.05. The topological polar surface area (TPSA) is 42.2 Å². The van der Waals surface area contributed by atoms with Crippen molar-refractivity contribution in [1.82, 2.24) is 0 Å². The highest BCUT2D eigenvalue weighted by Crippen LogP contribution is 2.52. The zero-order valence-corrected chi connectivity index (χ0v) is 15.0. The van der Waals surface area contributed by atoms with Crippen molar-refractivity contribution in [3.05, 3.63) is 35.9 Å². The minimum atomic E-state index is -0.374. The van der Waals surface area contributed by atoms with Gasteiger partial charge in [0.25, 0.3) is 0 Å². The first-order valence-electron chi connectivity index (χ1n) is 9.65. The zero-order chi connectivity index (χ0) is 17.3. The Morgan fingerprint density at radius 2 is 1.72 bits per heavy atom. The predicted molar refractivity (Wildman–Crippen MR) is 97.8 cm³/mol. The van der Waals surface area contributed by atoms with Gasteiger partial charge in [0.1, 0.15) is 0 Å². The highest BCUT2D eigenvalue weighted by Gasteiger charge is 2.46. The van der Waals surface area contributed by atoms with Gasteiger partial charge >= 0.3 is 0 Å². The van der Waals surface area contributed by atoms with Gasteiger partial charge in [-0.1, -0.05) is 18.2 Å². The molecule has 0 aliphatic heterocycles. The van der Waals surface area contributed by atoms with Crippen molar-refractivity contribution in [2.45, 2.75) is 62.9 Å².